The molecule has 0 saturated heterocycles. The summed E-state index contributed by atoms with van der Waals surface area (Å²) >= 11 is 0. The fraction of sp³-hybridized carbons (Fsp3) is 0.0769. The number of amides is 2. The number of para-hydroxylation sites is 1. The van der Waals surface area contributed by atoms with E-state index in [1.165, 1.54) is 6.26 Å². The Morgan fingerprint density at radius 2 is 1.48 bits per heavy atom. The van der Waals surface area contributed by atoms with Gasteiger partial charge in [0.2, 0.25) is 5.91 Å². The highest BCUT2D eigenvalue weighted by Crippen LogP contribution is 2.22. The van der Waals surface area contributed by atoms with Crippen LogP contribution in [0.2, 0.25) is 0 Å². The van der Waals surface area contributed by atoms with Gasteiger partial charge in [-0.05, 0) is 47.5 Å². The number of hydrogen-bond acceptors (Lipinski definition) is 3. The first-order valence-electron chi connectivity index (χ1n) is 10.0. The van der Waals surface area contributed by atoms with E-state index in [0.717, 1.165) is 16.8 Å². The second kappa shape index (κ2) is 9.59. The molecule has 4 rings (SSSR count). The maximum Gasteiger partial charge on any atom is 0.294 e. The third-order valence-corrected chi connectivity index (χ3v) is 4.81. The number of nitrogens with zero attached hydrogens (tertiary/aromatic N) is 1. The van der Waals surface area contributed by atoms with Crippen LogP contribution in [0.25, 0.3) is 0 Å². The van der Waals surface area contributed by atoms with Crippen LogP contribution in [0.5, 0.6) is 0 Å². The number of carbonyl (C=O) groups excluding carboxylic acids is 2. The molecule has 5 nitrogen and oxygen atoms in total. The molecule has 0 atom stereocenters. The van der Waals surface area contributed by atoms with Crippen LogP contribution < -0.4 is 10.2 Å². The van der Waals surface area contributed by atoms with Crippen LogP contribution in [-0.2, 0) is 17.8 Å². The molecule has 0 saturated carbocycles. The molecule has 2 amide bonds. The molecule has 0 bridgehead atoms. The molecule has 154 valence electrons. The van der Waals surface area contributed by atoms with Crippen molar-refractivity contribution in [2.45, 2.75) is 13.0 Å². The van der Waals surface area contributed by atoms with E-state index in [-0.39, 0.29) is 24.0 Å². The Morgan fingerprint density at radius 3 is 2.19 bits per heavy atom. The minimum Gasteiger partial charge on any atom is -0.459 e. The normalized spacial score (nSPS) is 10.5. The molecule has 3 aromatic carbocycles. The Balaban J connectivity index is 1.56. The van der Waals surface area contributed by atoms with Gasteiger partial charge in [-0.15, -0.1) is 0 Å². The molecular weight excluding hydrogens is 388 g/mol. The lowest BCUT2D eigenvalue weighted by Crippen LogP contribution is -2.30. The number of benzene rings is 3. The average molecular weight is 410 g/mol. The first kappa shape index (κ1) is 20.2. The Kier molecular flexibility index (Phi) is 6.24. The van der Waals surface area contributed by atoms with Gasteiger partial charge in [0.05, 0.1) is 19.2 Å². The summed E-state index contributed by atoms with van der Waals surface area (Å²) in [5.41, 5.74) is 3.27. The molecule has 5 heteroatoms. The van der Waals surface area contributed by atoms with Gasteiger partial charge in [0.1, 0.15) is 0 Å². The van der Waals surface area contributed by atoms with Crippen molar-refractivity contribution in [3.63, 3.8) is 0 Å². The third-order valence-electron chi connectivity index (χ3n) is 4.81. The van der Waals surface area contributed by atoms with Gasteiger partial charge in [0.25, 0.3) is 5.91 Å². The number of nitrogens with one attached hydrogen (secondary N) is 1. The van der Waals surface area contributed by atoms with E-state index < -0.39 is 0 Å². The lowest BCUT2D eigenvalue weighted by atomic mass is 10.1. The Morgan fingerprint density at radius 1 is 0.774 bits per heavy atom. The van der Waals surface area contributed by atoms with Crippen LogP contribution in [0.15, 0.2) is 108 Å². The second-order valence-electron chi connectivity index (χ2n) is 7.12. The van der Waals surface area contributed by atoms with E-state index in [4.69, 9.17) is 4.42 Å². The van der Waals surface area contributed by atoms with Crippen LogP contribution >= 0.6 is 0 Å². The summed E-state index contributed by atoms with van der Waals surface area (Å²) < 4.78 is 5.34. The van der Waals surface area contributed by atoms with Crippen molar-refractivity contribution in [2.75, 3.05) is 10.2 Å². The zero-order valence-electron chi connectivity index (χ0n) is 16.9. The largest absolute Gasteiger partial charge is 0.459 e. The van der Waals surface area contributed by atoms with Gasteiger partial charge in [0, 0.05) is 11.4 Å². The first-order chi connectivity index (χ1) is 15.2. The number of anilines is 2. The molecule has 1 heterocycles. The molecular formula is C26H22N2O3. The molecule has 1 aromatic heterocycles. The van der Waals surface area contributed by atoms with Crippen LogP contribution in [0.3, 0.4) is 0 Å². The van der Waals surface area contributed by atoms with Gasteiger partial charge in [-0.25, -0.2) is 0 Å². The van der Waals surface area contributed by atoms with Gasteiger partial charge in [-0.3, -0.25) is 9.59 Å². The lowest BCUT2D eigenvalue weighted by molar-refractivity contribution is -0.115. The summed E-state index contributed by atoms with van der Waals surface area (Å²) in [7, 11) is 0. The maximum absolute atomic E-state index is 13.1. The van der Waals surface area contributed by atoms with Crippen molar-refractivity contribution < 1.29 is 14.0 Å². The van der Waals surface area contributed by atoms with E-state index in [0.29, 0.717) is 12.2 Å². The van der Waals surface area contributed by atoms with Crippen molar-refractivity contribution in [3.05, 3.63) is 120 Å². The van der Waals surface area contributed by atoms with Gasteiger partial charge in [0.15, 0.2) is 5.76 Å². The van der Waals surface area contributed by atoms with E-state index in [9.17, 15) is 9.59 Å². The number of rotatable bonds is 7. The predicted molar refractivity (Wildman–Crippen MR) is 121 cm³/mol. The molecule has 0 aliphatic rings. The predicted octanol–water partition coefficient (Wildman–Crippen LogP) is 5.31. The number of carbonyl (C=O) groups is 2. The van der Waals surface area contributed by atoms with Crippen molar-refractivity contribution in [1.82, 2.24) is 0 Å². The molecule has 0 fully saturated rings. The van der Waals surface area contributed by atoms with E-state index >= 15 is 0 Å². The summed E-state index contributed by atoms with van der Waals surface area (Å²) in [6, 6.07) is 29.9. The number of hydrogen-bond donors (Lipinski definition) is 1. The van der Waals surface area contributed by atoms with Gasteiger partial charge < -0.3 is 14.6 Å². The summed E-state index contributed by atoms with van der Waals surface area (Å²) in [5, 5.41) is 2.89. The highest BCUT2D eigenvalue weighted by molar-refractivity contribution is 6.04. The van der Waals surface area contributed by atoms with Crippen molar-refractivity contribution >= 4 is 23.2 Å². The fourth-order valence-electron chi connectivity index (χ4n) is 3.33. The zero-order chi connectivity index (χ0) is 21.5. The van der Waals surface area contributed by atoms with Crippen LogP contribution in [0, 0.1) is 0 Å². The van der Waals surface area contributed by atoms with Gasteiger partial charge in [-0.2, -0.15) is 0 Å². The SMILES string of the molecule is O=C(Cc1cccc(N(Cc2ccccc2)C(=O)c2ccco2)c1)Nc1ccccc1. The topological polar surface area (TPSA) is 62.6 Å². The summed E-state index contributed by atoms with van der Waals surface area (Å²) in [6.45, 7) is 0.389. The van der Waals surface area contributed by atoms with Crippen LogP contribution in [-0.4, -0.2) is 11.8 Å². The molecule has 31 heavy (non-hydrogen) atoms. The maximum atomic E-state index is 13.1. The van der Waals surface area contributed by atoms with Crippen molar-refractivity contribution in [2.24, 2.45) is 0 Å². The Labute approximate surface area is 180 Å². The fourth-order valence-corrected chi connectivity index (χ4v) is 3.33. The second-order valence-corrected chi connectivity index (χ2v) is 7.12. The minimum absolute atomic E-state index is 0.115. The molecule has 4 aromatic rings. The molecule has 0 unspecified atom stereocenters. The van der Waals surface area contributed by atoms with E-state index in [1.807, 2.05) is 84.9 Å². The Bertz CT molecular complexity index is 1140. The lowest BCUT2D eigenvalue weighted by Gasteiger charge is -2.22. The summed E-state index contributed by atoms with van der Waals surface area (Å²) in [4.78, 5) is 27.3. The van der Waals surface area contributed by atoms with Crippen molar-refractivity contribution in [1.29, 1.82) is 0 Å². The Hall–Kier alpha value is -4.12. The highest BCUT2D eigenvalue weighted by Gasteiger charge is 2.21. The van der Waals surface area contributed by atoms with E-state index in [1.54, 1.807) is 17.0 Å². The quantitative estimate of drug-likeness (QED) is 0.449. The average Bonchev–Trinajstić information content (AvgIpc) is 3.34. The number of furan rings is 1. The molecule has 0 aliphatic carbocycles. The van der Waals surface area contributed by atoms with Crippen LogP contribution in [0.4, 0.5) is 11.4 Å². The monoisotopic (exact) mass is 410 g/mol. The van der Waals surface area contributed by atoms with Gasteiger partial charge in [-0.1, -0.05) is 60.7 Å². The summed E-state index contributed by atoms with van der Waals surface area (Å²) in [5.74, 6) is -0.0850. The molecule has 0 spiro atoms. The minimum atomic E-state index is -0.236. The van der Waals surface area contributed by atoms with Gasteiger partial charge >= 0.3 is 0 Å². The van der Waals surface area contributed by atoms with E-state index in [2.05, 4.69) is 5.32 Å². The molecule has 1 N–H and O–H groups in total. The third kappa shape index (κ3) is 5.28. The smallest absolute Gasteiger partial charge is 0.294 e. The van der Waals surface area contributed by atoms with Crippen LogP contribution in [0.1, 0.15) is 21.7 Å². The molecule has 0 radical (unpaired) electrons. The van der Waals surface area contributed by atoms with Crippen molar-refractivity contribution in [3.8, 4) is 0 Å². The molecule has 0 aliphatic heterocycles. The highest BCUT2D eigenvalue weighted by atomic mass is 16.3. The first-order valence-corrected chi connectivity index (χ1v) is 10.0. The summed E-state index contributed by atoms with van der Waals surface area (Å²) in [6.07, 6.45) is 1.69. The zero-order valence-corrected chi connectivity index (χ0v) is 16.9. The standard InChI is InChI=1S/C26H22N2O3/c29-25(27-22-12-5-2-6-13-22)18-21-11-7-14-23(17-21)28(19-20-9-3-1-4-10-20)26(30)24-15-8-16-31-24/h1-17H,18-19H2,(H,27,29).